The van der Waals surface area contributed by atoms with Gasteiger partial charge in [-0.25, -0.2) is 4.39 Å². The number of amides is 1. The van der Waals surface area contributed by atoms with Gasteiger partial charge in [0.05, 0.1) is 16.4 Å². The van der Waals surface area contributed by atoms with Gasteiger partial charge in [-0.2, -0.15) is 0 Å². The lowest BCUT2D eigenvalue weighted by atomic mass is 10.2. The number of likely N-dealkylation sites (N-methyl/N-ethyl adjacent to an activating group) is 1. The molecule has 0 aliphatic rings. The summed E-state index contributed by atoms with van der Waals surface area (Å²) in [6.07, 6.45) is 0. The molecule has 1 aromatic heterocycles. The average Bonchev–Trinajstić information content (AvgIpc) is 2.77. The maximum atomic E-state index is 13.1. The number of nitrogens with zero attached hydrogens (tertiary/aromatic N) is 1. The second-order valence-electron chi connectivity index (χ2n) is 4.08. The second-order valence-corrected chi connectivity index (χ2v) is 5.69. The van der Waals surface area contributed by atoms with Gasteiger partial charge in [0.1, 0.15) is 5.82 Å². The maximum absolute atomic E-state index is 13.1. The Balaban J connectivity index is 2.32. The molecule has 0 unspecified atom stereocenters. The normalized spacial score (nSPS) is 10.6. The van der Waals surface area contributed by atoms with Gasteiger partial charge in [0.15, 0.2) is 0 Å². The molecular formula is C13H13FN2OS2. The number of nitrogens with two attached hydrogens (primary N) is 1. The van der Waals surface area contributed by atoms with Crippen LogP contribution in [0.25, 0.3) is 10.1 Å². The monoisotopic (exact) mass is 296 g/mol. The van der Waals surface area contributed by atoms with Crippen molar-refractivity contribution in [2.75, 3.05) is 13.1 Å². The van der Waals surface area contributed by atoms with Crippen LogP contribution >= 0.6 is 23.6 Å². The number of hydrogen-bond donors (Lipinski definition) is 1. The number of rotatable bonds is 4. The summed E-state index contributed by atoms with van der Waals surface area (Å²) in [6.45, 7) is 2.65. The van der Waals surface area contributed by atoms with Gasteiger partial charge in [-0.15, -0.1) is 11.3 Å². The van der Waals surface area contributed by atoms with Crippen LogP contribution < -0.4 is 5.73 Å². The molecule has 0 spiro atoms. The summed E-state index contributed by atoms with van der Waals surface area (Å²) < 4.78 is 13.9. The lowest BCUT2D eigenvalue weighted by molar-refractivity contribution is 0.0792. The molecule has 0 aliphatic heterocycles. The van der Waals surface area contributed by atoms with E-state index >= 15 is 0 Å². The van der Waals surface area contributed by atoms with Crippen molar-refractivity contribution in [2.24, 2.45) is 5.73 Å². The first kappa shape index (κ1) is 13.9. The number of thiocarbonyl (C=S) groups is 1. The molecule has 100 valence electrons. The molecular weight excluding hydrogens is 283 g/mol. The highest BCUT2D eigenvalue weighted by molar-refractivity contribution is 7.80. The van der Waals surface area contributed by atoms with Crippen LogP contribution in [0.1, 0.15) is 16.6 Å². The summed E-state index contributed by atoms with van der Waals surface area (Å²) in [4.78, 5) is 14.7. The molecule has 2 N–H and O–H groups in total. The summed E-state index contributed by atoms with van der Waals surface area (Å²) in [7, 11) is 0. The van der Waals surface area contributed by atoms with E-state index in [1.165, 1.54) is 23.5 Å². The van der Waals surface area contributed by atoms with Crippen LogP contribution in [0, 0.1) is 5.82 Å². The third kappa shape index (κ3) is 3.08. The van der Waals surface area contributed by atoms with E-state index in [1.54, 1.807) is 17.0 Å². The van der Waals surface area contributed by atoms with Crippen LogP contribution in [0.4, 0.5) is 4.39 Å². The summed E-state index contributed by atoms with van der Waals surface area (Å²) in [6, 6.07) is 6.25. The zero-order chi connectivity index (χ0) is 14.0. The average molecular weight is 296 g/mol. The van der Waals surface area contributed by atoms with Crippen molar-refractivity contribution in [3.8, 4) is 0 Å². The molecule has 0 saturated carbocycles. The molecule has 0 radical (unpaired) electrons. The van der Waals surface area contributed by atoms with Crippen molar-refractivity contribution in [3.63, 3.8) is 0 Å². The molecule has 0 saturated heterocycles. The van der Waals surface area contributed by atoms with Gasteiger partial charge in [-0.1, -0.05) is 18.3 Å². The number of fused-ring (bicyclic) bond motifs is 1. The molecule has 0 atom stereocenters. The summed E-state index contributed by atoms with van der Waals surface area (Å²) in [5, 5.41) is 0.862. The van der Waals surface area contributed by atoms with E-state index in [0.717, 1.165) is 10.1 Å². The lowest BCUT2D eigenvalue weighted by Crippen LogP contribution is -2.37. The summed E-state index contributed by atoms with van der Waals surface area (Å²) >= 11 is 6.10. The number of carbonyl (C=O) groups excluding carboxylic acids is 1. The molecule has 0 fully saturated rings. The molecule has 0 bridgehead atoms. The predicted octanol–water partition coefficient (Wildman–Crippen LogP) is 2.79. The van der Waals surface area contributed by atoms with Gasteiger partial charge in [-0.3, -0.25) is 4.79 Å². The van der Waals surface area contributed by atoms with Crippen molar-refractivity contribution in [1.82, 2.24) is 4.90 Å². The van der Waals surface area contributed by atoms with E-state index < -0.39 is 0 Å². The molecule has 0 aliphatic carbocycles. The van der Waals surface area contributed by atoms with Crippen molar-refractivity contribution >= 4 is 44.5 Å². The minimum absolute atomic E-state index is 0.128. The number of benzene rings is 1. The Kier molecular flexibility index (Phi) is 4.11. The van der Waals surface area contributed by atoms with E-state index in [0.29, 0.717) is 11.4 Å². The van der Waals surface area contributed by atoms with Gasteiger partial charge in [0.2, 0.25) is 0 Å². The smallest absolute Gasteiger partial charge is 0.264 e. The van der Waals surface area contributed by atoms with Crippen LogP contribution in [0.3, 0.4) is 0 Å². The highest BCUT2D eigenvalue weighted by Crippen LogP contribution is 2.27. The Bertz CT molecular complexity index is 639. The van der Waals surface area contributed by atoms with Gasteiger partial charge < -0.3 is 10.6 Å². The topological polar surface area (TPSA) is 46.3 Å². The van der Waals surface area contributed by atoms with Crippen molar-refractivity contribution in [2.45, 2.75) is 6.92 Å². The Hall–Kier alpha value is -1.53. The highest BCUT2D eigenvalue weighted by Gasteiger charge is 2.17. The standard InChI is InChI=1S/C13H13FN2OS2/c1-2-16(7-12(15)18)13(17)11-5-8-3-4-9(14)6-10(8)19-11/h3-6H,2,7H2,1H3,(H2,15,18). The van der Waals surface area contributed by atoms with Gasteiger partial charge in [0, 0.05) is 11.2 Å². The third-order valence-electron chi connectivity index (χ3n) is 2.71. The first-order valence-electron chi connectivity index (χ1n) is 5.78. The van der Waals surface area contributed by atoms with Crippen LogP contribution in [0.2, 0.25) is 0 Å². The molecule has 19 heavy (non-hydrogen) atoms. The van der Waals surface area contributed by atoms with E-state index in [4.69, 9.17) is 18.0 Å². The fourth-order valence-corrected chi connectivity index (χ4v) is 2.99. The third-order valence-corrected chi connectivity index (χ3v) is 3.92. The van der Waals surface area contributed by atoms with Gasteiger partial charge in [0.25, 0.3) is 5.91 Å². The predicted molar refractivity (Wildman–Crippen MR) is 80.1 cm³/mol. The Morgan fingerprint density at radius 3 is 2.84 bits per heavy atom. The van der Waals surface area contributed by atoms with E-state index in [1.807, 2.05) is 6.92 Å². The fraction of sp³-hybridized carbons (Fsp3) is 0.231. The van der Waals surface area contributed by atoms with E-state index in [2.05, 4.69) is 0 Å². The van der Waals surface area contributed by atoms with Crippen LogP contribution in [-0.2, 0) is 0 Å². The molecule has 6 heteroatoms. The Morgan fingerprint density at radius 2 is 2.21 bits per heavy atom. The summed E-state index contributed by atoms with van der Waals surface area (Å²) in [5.41, 5.74) is 5.47. The van der Waals surface area contributed by atoms with Crippen LogP contribution in [-0.4, -0.2) is 28.9 Å². The van der Waals surface area contributed by atoms with E-state index in [9.17, 15) is 9.18 Å². The Morgan fingerprint density at radius 1 is 1.47 bits per heavy atom. The zero-order valence-corrected chi connectivity index (χ0v) is 12.0. The van der Waals surface area contributed by atoms with Crippen LogP contribution in [0.5, 0.6) is 0 Å². The lowest BCUT2D eigenvalue weighted by Gasteiger charge is -2.18. The molecule has 2 aromatic rings. The number of hydrogen-bond acceptors (Lipinski definition) is 3. The minimum atomic E-state index is -0.302. The van der Waals surface area contributed by atoms with Crippen molar-refractivity contribution in [3.05, 3.63) is 35.0 Å². The molecule has 1 aromatic carbocycles. The zero-order valence-electron chi connectivity index (χ0n) is 10.4. The summed E-state index contributed by atoms with van der Waals surface area (Å²) in [5.74, 6) is -0.430. The number of thiophene rings is 1. The maximum Gasteiger partial charge on any atom is 0.264 e. The highest BCUT2D eigenvalue weighted by atomic mass is 32.1. The second kappa shape index (κ2) is 5.63. The van der Waals surface area contributed by atoms with Gasteiger partial charge in [-0.05, 0) is 30.5 Å². The first-order chi connectivity index (χ1) is 9.01. The van der Waals surface area contributed by atoms with Gasteiger partial charge >= 0.3 is 0 Å². The van der Waals surface area contributed by atoms with Crippen LogP contribution in [0.15, 0.2) is 24.3 Å². The fourth-order valence-electron chi connectivity index (χ4n) is 1.78. The molecule has 1 amide bonds. The quantitative estimate of drug-likeness (QED) is 0.883. The Labute approximate surface area is 119 Å². The SMILES string of the molecule is CCN(CC(N)=S)C(=O)c1cc2ccc(F)cc2s1. The molecule has 2 rings (SSSR count). The number of halogens is 1. The van der Waals surface area contributed by atoms with E-state index in [-0.39, 0.29) is 23.3 Å². The van der Waals surface area contributed by atoms with Crippen molar-refractivity contribution in [1.29, 1.82) is 0 Å². The number of carbonyl (C=O) groups is 1. The first-order valence-corrected chi connectivity index (χ1v) is 7.00. The molecule has 1 heterocycles. The van der Waals surface area contributed by atoms with Crippen molar-refractivity contribution < 1.29 is 9.18 Å². The molecule has 3 nitrogen and oxygen atoms in total. The largest absolute Gasteiger partial charge is 0.392 e. The minimum Gasteiger partial charge on any atom is -0.392 e.